The van der Waals surface area contributed by atoms with Crippen LogP contribution in [0.1, 0.15) is 39.9 Å². The Morgan fingerprint density at radius 1 is 0.750 bits per heavy atom. The normalized spacial score (nSPS) is 11.5. The lowest BCUT2D eigenvalue weighted by atomic mass is 9.76. The predicted molar refractivity (Wildman–Crippen MR) is 188 cm³/mol. The van der Waals surface area contributed by atoms with Gasteiger partial charge in [0.2, 0.25) is 11.8 Å². The van der Waals surface area contributed by atoms with Crippen LogP contribution in [0.25, 0.3) is 11.2 Å². The highest BCUT2D eigenvalue weighted by molar-refractivity contribution is 7.09. The molecule has 0 aliphatic rings. The molecule has 48 heavy (non-hydrogen) atoms. The van der Waals surface area contributed by atoms with E-state index >= 15 is 0 Å². The zero-order chi connectivity index (χ0) is 33.1. The quantitative estimate of drug-likeness (QED) is 0.147. The van der Waals surface area contributed by atoms with Gasteiger partial charge in [0.05, 0.1) is 11.5 Å². The van der Waals surface area contributed by atoms with Gasteiger partial charge >= 0.3 is 4.87 Å². The summed E-state index contributed by atoms with van der Waals surface area (Å²) in [6, 6.07) is 41.0. The molecule has 0 saturated heterocycles. The van der Waals surface area contributed by atoms with Gasteiger partial charge < -0.3 is 19.1 Å². The predicted octanol–water partition coefficient (Wildman–Crippen LogP) is 7.31. The lowest BCUT2D eigenvalue weighted by molar-refractivity contribution is 0.292. The van der Waals surface area contributed by atoms with E-state index in [1.807, 2.05) is 146 Å². The van der Waals surface area contributed by atoms with E-state index in [-0.39, 0.29) is 17.4 Å². The van der Waals surface area contributed by atoms with Crippen LogP contribution in [-0.4, -0.2) is 30.8 Å². The van der Waals surface area contributed by atoms with Gasteiger partial charge in [-0.15, -0.1) is 0 Å². The van der Waals surface area contributed by atoms with Crippen LogP contribution in [0.15, 0.2) is 132 Å². The maximum atomic E-state index is 14.0. The molecule has 1 N–H and O–H groups in total. The summed E-state index contributed by atoms with van der Waals surface area (Å²) in [5.41, 5.74) is 3.97. The summed E-state index contributed by atoms with van der Waals surface area (Å²) in [7, 11) is 1.91. The Labute approximate surface area is 282 Å². The van der Waals surface area contributed by atoms with Crippen LogP contribution < -0.4 is 14.3 Å². The van der Waals surface area contributed by atoms with Gasteiger partial charge in [0.1, 0.15) is 29.2 Å². The summed E-state index contributed by atoms with van der Waals surface area (Å²) in [5.74, 6) is 1.93. The van der Waals surface area contributed by atoms with Crippen molar-refractivity contribution in [1.29, 1.82) is 0 Å². The Morgan fingerprint density at radius 3 is 1.90 bits per heavy atom. The maximum absolute atomic E-state index is 14.0. The van der Waals surface area contributed by atoms with Gasteiger partial charge in [-0.2, -0.15) is 4.98 Å². The largest absolute Gasteiger partial charge is 0.494 e. The molecule has 0 amide bonds. The number of imidazole rings is 1. The van der Waals surface area contributed by atoms with Gasteiger partial charge in [-0.1, -0.05) is 114 Å². The molecule has 0 unspecified atom stereocenters. The minimum atomic E-state index is -1.09. The number of pyridine rings is 1. The van der Waals surface area contributed by atoms with E-state index < -0.39 is 5.54 Å². The van der Waals surface area contributed by atoms with Gasteiger partial charge in [0.25, 0.3) is 0 Å². The second-order valence-corrected chi connectivity index (χ2v) is 12.4. The van der Waals surface area contributed by atoms with Crippen LogP contribution in [0.4, 0.5) is 0 Å². The molecule has 0 atom stereocenters. The number of aromatic hydroxyl groups is 1. The highest BCUT2D eigenvalue weighted by Gasteiger charge is 2.42. The van der Waals surface area contributed by atoms with Crippen molar-refractivity contribution in [2.75, 3.05) is 6.61 Å². The molecule has 0 fully saturated rings. The molecular weight excluding hydrogens is 621 g/mol. The number of hydrogen-bond donors (Lipinski definition) is 1. The molecule has 7 aromatic rings. The third kappa shape index (κ3) is 5.62. The van der Waals surface area contributed by atoms with Crippen LogP contribution in [0.5, 0.6) is 17.5 Å². The van der Waals surface area contributed by atoms with Crippen molar-refractivity contribution in [3.05, 3.63) is 170 Å². The number of benzene rings is 4. The molecular formula is C39H34N4O4S. The van der Waals surface area contributed by atoms with E-state index in [4.69, 9.17) is 9.47 Å². The summed E-state index contributed by atoms with van der Waals surface area (Å²) in [4.78, 5) is 23.6. The smallest absolute Gasteiger partial charge is 0.311 e. The number of aromatic nitrogens is 4. The van der Waals surface area contributed by atoms with Crippen molar-refractivity contribution in [3.63, 3.8) is 0 Å². The molecule has 0 aliphatic heterocycles. The number of aryl methyl sites for hydroxylation is 1. The van der Waals surface area contributed by atoms with Crippen molar-refractivity contribution in [3.8, 4) is 17.5 Å². The standard InChI is InChI=1S/C39H34N4O4S/c1-3-46-35-24-23-32-36(41-35)42(2)34(40-32)26-47-31-21-19-27(20-22-31)25-33-37(44)43(38(45)48-33)39(28-13-7-4-8-14-28,29-15-9-5-10-16-29)30-17-11-6-12-18-30/h4-24,44H,3,25-26H2,1-2H3. The minimum Gasteiger partial charge on any atom is -0.494 e. The molecule has 4 aromatic carbocycles. The molecule has 3 heterocycles. The Morgan fingerprint density at radius 2 is 1.33 bits per heavy atom. The van der Waals surface area contributed by atoms with Crippen LogP contribution in [-0.2, 0) is 25.6 Å². The molecule has 0 saturated carbocycles. The summed E-state index contributed by atoms with van der Waals surface area (Å²) in [6.45, 7) is 2.73. The van der Waals surface area contributed by atoms with Crippen molar-refractivity contribution in [2.45, 2.75) is 25.5 Å². The van der Waals surface area contributed by atoms with Crippen molar-refractivity contribution < 1.29 is 14.6 Å². The second-order valence-electron chi connectivity index (χ2n) is 11.4. The van der Waals surface area contributed by atoms with E-state index in [2.05, 4.69) is 9.97 Å². The fraction of sp³-hybridized carbons (Fsp3) is 0.154. The number of thiazole rings is 1. The minimum absolute atomic E-state index is 0.0511. The summed E-state index contributed by atoms with van der Waals surface area (Å²) in [5, 5.41) is 11.9. The first kappa shape index (κ1) is 31.0. The molecule has 8 nitrogen and oxygen atoms in total. The topological polar surface area (TPSA) is 91.4 Å². The van der Waals surface area contributed by atoms with Gasteiger partial charge in [-0.25, -0.2) is 4.98 Å². The van der Waals surface area contributed by atoms with E-state index in [9.17, 15) is 9.90 Å². The van der Waals surface area contributed by atoms with E-state index in [0.717, 1.165) is 50.6 Å². The van der Waals surface area contributed by atoms with Crippen LogP contribution >= 0.6 is 11.3 Å². The van der Waals surface area contributed by atoms with Crippen molar-refractivity contribution in [2.24, 2.45) is 7.05 Å². The molecule has 0 radical (unpaired) electrons. The van der Waals surface area contributed by atoms with E-state index in [1.54, 1.807) is 4.57 Å². The molecule has 0 spiro atoms. The SMILES string of the molecule is CCOc1ccc2nc(COc3ccc(Cc4sc(=O)n(C(c5ccccc5)(c5ccccc5)c5ccccc5)c4O)cc3)n(C)c2n1. The van der Waals surface area contributed by atoms with Crippen molar-refractivity contribution >= 4 is 22.5 Å². The fourth-order valence-corrected chi connectivity index (χ4v) is 7.18. The average molecular weight is 655 g/mol. The first-order chi connectivity index (χ1) is 23.5. The molecule has 3 aromatic heterocycles. The number of ether oxygens (including phenoxy) is 2. The zero-order valence-corrected chi connectivity index (χ0v) is 27.4. The van der Waals surface area contributed by atoms with Crippen LogP contribution in [0, 0.1) is 0 Å². The summed E-state index contributed by atoms with van der Waals surface area (Å²) in [6.07, 6.45) is 0.381. The Balaban J connectivity index is 1.18. The van der Waals surface area contributed by atoms with Crippen LogP contribution in [0.2, 0.25) is 0 Å². The summed E-state index contributed by atoms with van der Waals surface area (Å²) < 4.78 is 15.1. The highest BCUT2D eigenvalue weighted by atomic mass is 32.1. The Kier molecular flexibility index (Phi) is 8.52. The van der Waals surface area contributed by atoms with Gasteiger partial charge in [0.15, 0.2) is 5.65 Å². The lowest BCUT2D eigenvalue weighted by Crippen LogP contribution is -2.42. The second kappa shape index (κ2) is 13.2. The van der Waals surface area contributed by atoms with Gasteiger partial charge in [-0.3, -0.25) is 9.36 Å². The maximum Gasteiger partial charge on any atom is 0.311 e. The van der Waals surface area contributed by atoms with E-state index in [0.29, 0.717) is 29.5 Å². The first-order valence-electron chi connectivity index (χ1n) is 15.8. The monoisotopic (exact) mass is 654 g/mol. The number of nitrogens with zero attached hydrogens (tertiary/aromatic N) is 4. The summed E-state index contributed by atoms with van der Waals surface area (Å²) >= 11 is 1.07. The molecule has 240 valence electrons. The number of hydrogen-bond acceptors (Lipinski definition) is 7. The first-order valence-corrected chi connectivity index (χ1v) is 16.6. The molecule has 7 rings (SSSR count). The lowest BCUT2D eigenvalue weighted by Gasteiger charge is -2.37. The number of fused-ring (bicyclic) bond motifs is 1. The fourth-order valence-electron chi connectivity index (χ4n) is 6.23. The molecule has 9 heteroatoms. The van der Waals surface area contributed by atoms with Crippen molar-refractivity contribution in [1.82, 2.24) is 19.1 Å². The molecule has 0 aliphatic carbocycles. The van der Waals surface area contributed by atoms with Gasteiger partial charge in [-0.05, 0) is 47.4 Å². The Bertz CT molecular complexity index is 2110. The zero-order valence-electron chi connectivity index (χ0n) is 26.6. The Hall–Kier alpha value is -5.67. The third-order valence-corrected chi connectivity index (χ3v) is 9.43. The third-order valence-electron chi connectivity index (χ3n) is 8.50. The van der Waals surface area contributed by atoms with E-state index in [1.165, 1.54) is 0 Å². The average Bonchev–Trinajstić information content (AvgIpc) is 3.59. The highest BCUT2D eigenvalue weighted by Crippen LogP contribution is 2.43. The van der Waals surface area contributed by atoms with Gasteiger partial charge in [0, 0.05) is 19.5 Å². The number of rotatable bonds is 11. The molecule has 0 bridgehead atoms. The van der Waals surface area contributed by atoms with Crippen LogP contribution in [0.3, 0.4) is 0 Å².